The Balaban J connectivity index is 1.53. The van der Waals surface area contributed by atoms with E-state index in [0.29, 0.717) is 22.1 Å². The Labute approximate surface area is 179 Å². The van der Waals surface area contributed by atoms with Gasteiger partial charge >= 0.3 is 0 Å². The summed E-state index contributed by atoms with van der Waals surface area (Å²) >= 11 is 6.41. The van der Waals surface area contributed by atoms with Gasteiger partial charge in [0.15, 0.2) is 5.65 Å². The number of halogens is 2. The van der Waals surface area contributed by atoms with Crippen molar-refractivity contribution in [2.75, 3.05) is 6.54 Å². The van der Waals surface area contributed by atoms with Crippen LogP contribution in [0.5, 0.6) is 0 Å². The molecule has 0 fully saturated rings. The third kappa shape index (κ3) is 4.24. The highest BCUT2D eigenvalue weighted by atomic mass is 35.5. The fourth-order valence-corrected chi connectivity index (χ4v) is 4.01. The lowest BCUT2D eigenvalue weighted by molar-refractivity contribution is 0.528. The van der Waals surface area contributed by atoms with E-state index >= 15 is 0 Å². The molecule has 0 aromatic carbocycles. The molecule has 0 saturated heterocycles. The predicted molar refractivity (Wildman–Crippen MR) is 115 cm³/mol. The molecule has 3 heterocycles. The average Bonchev–Trinajstić information content (AvgIpc) is 3.14. The number of nitrogens with zero attached hydrogens (tertiary/aromatic N) is 4. The number of hydrogen-bond donors (Lipinski definition) is 3. The van der Waals surface area contributed by atoms with Gasteiger partial charge in [-0.2, -0.15) is 5.10 Å². The molecule has 3 aromatic rings. The van der Waals surface area contributed by atoms with E-state index in [4.69, 9.17) is 28.1 Å². The van der Waals surface area contributed by atoms with Gasteiger partial charge in [0.1, 0.15) is 11.0 Å². The zero-order chi connectivity index (χ0) is 21.3. The summed E-state index contributed by atoms with van der Waals surface area (Å²) in [6.45, 7) is 2.91. The van der Waals surface area contributed by atoms with Gasteiger partial charge in [-0.05, 0) is 31.2 Å². The first-order valence-corrected chi connectivity index (χ1v) is 10.4. The minimum atomic E-state index is -0.421. The van der Waals surface area contributed by atoms with Crippen LogP contribution in [0, 0.1) is 5.82 Å². The molecule has 2 unspecified atom stereocenters. The number of rotatable bonds is 6. The lowest BCUT2D eigenvalue weighted by atomic mass is 9.96. The Kier molecular flexibility index (Phi) is 5.87. The second kappa shape index (κ2) is 8.57. The Morgan fingerprint density at radius 1 is 1.33 bits per heavy atom. The normalized spacial score (nSPS) is 18.1. The predicted octanol–water partition coefficient (Wildman–Crippen LogP) is 3.35. The van der Waals surface area contributed by atoms with Crippen molar-refractivity contribution in [1.82, 2.24) is 24.9 Å². The van der Waals surface area contributed by atoms with E-state index < -0.39 is 5.82 Å². The maximum Gasteiger partial charge on any atom is 0.160 e. The van der Waals surface area contributed by atoms with Crippen LogP contribution in [0.3, 0.4) is 0 Å². The summed E-state index contributed by atoms with van der Waals surface area (Å²) in [4.78, 5) is 8.59. The van der Waals surface area contributed by atoms with Crippen LogP contribution in [-0.2, 0) is 0 Å². The summed E-state index contributed by atoms with van der Waals surface area (Å²) in [5.41, 5.74) is 16.8. The van der Waals surface area contributed by atoms with E-state index in [2.05, 4.69) is 22.3 Å². The van der Waals surface area contributed by atoms with Crippen LogP contribution >= 0.6 is 11.6 Å². The Hall–Kier alpha value is -2.71. The molecule has 5 N–H and O–H groups in total. The molecule has 1 aliphatic carbocycles. The van der Waals surface area contributed by atoms with Gasteiger partial charge in [0.25, 0.3) is 0 Å². The third-order valence-electron chi connectivity index (χ3n) is 5.54. The van der Waals surface area contributed by atoms with Gasteiger partial charge in [0, 0.05) is 53.8 Å². The number of nitrogens with one attached hydrogen (secondary N) is 1. The molecule has 2 atom stereocenters. The highest BCUT2D eigenvalue weighted by Crippen LogP contribution is 2.28. The summed E-state index contributed by atoms with van der Waals surface area (Å²) in [5.74, 6) is -0.233. The molecule has 0 bridgehead atoms. The van der Waals surface area contributed by atoms with Crippen LogP contribution in [0.1, 0.15) is 44.1 Å². The maximum absolute atomic E-state index is 13.6. The van der Waals surface area contributed by atoms with Gasteiger partial charge in [-0.1, -0.05) is 18.5 Å². The van der Waals surface area contributed by atoms with Crippen LogP contribution in [0.4, 0.5) is 4.39 Å². The molecule has 0 spiro atoms. The number of fused-ring (bicyclic) bond motifs is 1. The van der Waals surface area contributed by atoms with Crippen molar-refractivity contribution in [2.24, 2.45) is 11.5 Å². The van der Waals surface area contributed by atoms with E-state index in [-0.39, 0.29) is 12.0 Å². The van der Waals surface area contributed by atoms with Crippen LogP contribution in [0.15, 0.2) is 42.1 Å². The summed E-state index contributed by atoms with van der Waals surface area (Å²) < 4.78 is 15.2. The van der Waals surface area contributed by atoms with Crippen molar-refractivity contribution in [1.29, 1.82) is 0 Å². The summed E-state index contributed by atoms with van der Waals surface area (Å²) in [6, 6.07) is 3.21. The first kappa shape index (κ1) is 20.6. The van der Waals surface area contributed by atoms with Gasteiger partial charge in [0.2, 0.25) is 0 Å². The molecular formula is C21H25ClFN7. The summed E-state index contributed by atoms with van der Waals surface area (Å²) in [5, 5.41) is 8.25. The molecule has 0 aliphatic heterocycles. The number of hydrogen-bond acceptors (Lipinski definition) is 6. The number of allylic oxidation sites excluding steroid dienone is 1. The first-order chi connectivity index (χ1) is 14.4. The molecule has 3 aromatic heterocycles. The van der Waals surface area contributed by atoms with Gasteiger partial charge in [-0.3, -0.25) is 4.98 Å². The SMILES string of the molecule is CC(CCNC1=C(N)CC(N)CC1)c1cnn2c(Cl)cc(-c3cncc(F)c3)nc12. The molecule has 0 amide bonds. The molecule has 7 nitrogen and oxygen atoms in total. The second-order valence-corrected chi connectivity index (χ2v) is 8.20. The summed E-state index contributed by atoms with van der Waals surface area (Å²) in [7, 11) is 0. The molecule has 30 heavy (non-hydrogen) atoms. The van der Waals surface area contributed by atoms with Crippen molar-refractivity contribution in [3.63, 3.8) is 0 Å². The molecule has 9 heteroatoms. The lowest BCUT2D eigenvalue weighted by Gasteiger charge is -2.24. The van der Waals surface area contributed by atoms with E-state index in [1.165, 1.54) is 6.07 Å². The number of aromatic nitrogens is 4. The van der Waals surface area contributed by atoms with Gasteiger partial charge in [-0.15, -0.1) is 0 Å². The van der Waals surface area contributed by atoms with E-state index in [9.17, 15) is 4.39 Å². The topological polar surface area (TPSA) is 107 Å². The van der Waals surface area contributed by atoms with Gasteiger partial charge in [-0.25, -0.2) is 13.9 Å². The molecule has 1 aliphatic rings. The fourth-order valence-electron chi connectivity index (χ4n) is 3.79. The Morgan fingerprint density at radius 2 is 2.17 bits per heavy atom. The minimum Gasteiger partial charge on any atom is -0.401 e. The largest absolute Gasteiger partial charge is 0.401 e. The number of pyridine rings is 1. The van der Waals surface area contributed by atoms with Crippen molar-refractivity contribution in [3.05, 3.63) is 58.7 Å². The molecule has 0 radical (unpaired) electrons. The van der Waals surface area contributed by atoms with Crippen molar-refractivity contribution in [3.8, 4) is 11.3 Å². The molecular weight excluding hydrogens is 405 g/mol. The standard InChI is InChI=1S/C21H25ClFN7/c1-12(4-5-27-18-3-2-15(24)7-17(18)25)16-11-28-30-20(22)8-19(29-21(16)30)13-6-14(23)10-26-9-13/h6,8-12,15,27H,2-5,7,24-25H2,1H3. The first-order valence-electron chi connectivity index (χ1n) is 10.0. The third-order valence-corrected chi connectivity index (χ3v) is 5.81. The molecule has 158 valence electrons. The fraction of sp³-hybridized carbons (Fsp3) is 0.381. The van der Waals surface area contributed by atoms with Crippen LogP contribution in [0.2, 0.25) is 5.15 Å². The van der Waals surface area contributed by atoms with Gasteiger partial charge < -0.3 is 16.8 Å². The molecule has 4 rings (SSSR count). The quantitative estimate of drug-likeness (QED) is 0.519. The van der Waals surface area contributed by atoms with Crippen LogP contribution in [0.25, 0.3) is 16.9 Å². The maximum atomic E-state index is 13.6. The Bertz CT molecular complexity index is 1090. The second-order valence-electron chi connectivity index (χ2n) is 7.81. The van der Waals surface area contributed by atoms with E-state index in [1.807, 2.05) is 0 Å². The van der Waals surface area contributed by atoms with Crippen LogP contribution < -0.4 is 16.8 Å². The van der Waals surface area contributed by atoms with E-state index in [1.54, 1.807) is 23.0 Å². The number of nitrogens with two attached hydrogens (primary N) is 2. The van der Waals surface area contributed by atoms with E-state index in [0.717, 1.165) is 55.4 Å². The van der Waals surface area contributed by atoms with Crippen molar-refractivity contribution < 1.29 is 4.39 Å². The zero-order valence-electron chi connectivity index (χ0n) is 16.8. The Morgan fingerprint density at radius 3 is 2.93 bits per heavy atom. The summed E-state index contributed by atoms with van der Waals surface area (Å²) in [6.07, 6.45) is 7.97. The van der Waals surface area contributed by atoms with Crippen molar-refractivity contribution >= 4 is 17.2 Å². The van der Waals surface area contributed by atoms with Crippen LogP contribution in [-0.4, -0.2) is 32.2 Å². The smallest absolute Gasteiger partial charge is 0.160 e. The van der Waals surface area contributed by atoms with Gasteiger partial charge in [0.05, 0.1) is 18.1 Å². The lowest BCUT2D eigenvalue weighted by Crippen LogP contribution is -2.31. The average molecular weight is 430 g/mol. The highest BCUT2D eigenvalue weighted by Gasteiger charge is 2.19. The highest BCUT2D eigenvalue weighted by molar-refractivity contribution is 6.30. The monoisotopic (exact) mass is 429 g/mol. The molecule has 0 saturated carbocycles. The van der Waals surface area contributed by atoms with Crippen molar-refractivity contribution in [2.45, 2.75) is 44.6 Å². The zero-order valence-corrected chi connectivity index (χ0v) is 17.5. The minimum absolute atomic E-state index is 0.159.